The van der Waals surface area contributed by atoms with E-state index in [1.807, 2.05) is 0 Å². The maximum atomic E-state index is 12.0. The van der Waals surface area contributed by atoms with Gasteiger partial charge in [-0.3, -0.25) is 4.68 Å². The lowest BCUT2D eigenvalue weighted by molar-refractivity contribution is -0.137. The van der Waals surface area contributed by atoms with Gasteiger partial charge in [-0.1, -0.05) is 34.8 Å². The van der Waals surface area contributed by atoms with Crippen LogP contribution in [-0.2, 0) is 4.79 Å². The second-order valence-electron chi connectivity index (χ2n) is 3.78. The van der Waals surface area contributed by atoms with Crippen molar-refractivity contribution in [3.63, 3.8) is 0 Å². The highest BCUT2D eigenvalue weighted by Gasteiger charge is 2.20. The summed E-state index contributed by atoms with van der Waals surface area (Å²) in [5, 5.41) is 4.70. The van der Waals surface area contributed by atoms with E-state index in [4.69, 9.17) is 39.5 Å². The van der Waals surface area contributed by atoms with Crippen LogP contribution in [0, 0.1) is 0 Å². The van der Waals surface area contributed by atoms with E-state index >= 15 is 0 Å². The number of hydrogen-bond acceptors (Lipinski definition) is 3. The van der Waals surface area contributed by atoms with Gasteiger partial charge in [0.2, 0.25) is 0 Å². The Bertz CT molecular complexity index is 576. The van der Waals surface area contributed by atoms with E-state index in [9.17, 15) is 4.79 Å². The van der Waals surface area contributed by atoms with Crippen molar-refractivity contribution in [2.75, 3.05) is 0 Å². The first-order chi connectivity index (χ1) is 8.99. The number of aromatic nitrogens is 2. The Morgan fingerprint density at radius 3 is 2.47 bits per heavy atom. The maximum absolute atomic E-state index is 12.0. The lowest BCUT2D eigenvalue weighted by atomic mass is 10.3. The summed E-state index contributed by atoms with van der Waals surface area (Å²) in [6.45, 7) is 1.66. The SMILES string of the molecule is CC(C(=O)Oc1c(Cl)cc(Cl)cc1Cl)n1cccn1. The molecule has 0 spiro atoms. The molecular formula is C12H9Cl3N2O2. The molecule has 0 aliphatic rings. The molecule has 4 nitrogen and oxygen atoms in total. The van der Waals surface area contributed by atoms with Crippen LogP contribution in [0.1, 0.15) is 13.0 Å². The fourth-order valence-electron chi connectivity index (χ4n) is 1.43. The minimum Gasteiger partial charge on any atom is -0.422 e. The van der Waals surface area contributed by atoms with E-state index in [-0.39, 0.29) is 15.8 Å². The Kier molecular flexibility index (Phi) is 4.34. The van der Waals surface area contributed by atoms with Crippen LogP contribution in [-0.4, -0.2) is 15.7 Å². The average molecular weight is 320 g/mol. The number of halogens is 3. The highest BCUT2D eigenvalue weighted by Crippen LogP contribution is 2.36. The van der Waals surface area contributed by atoms with Gasteiger partial charge >= 0.3 is 5.97 Å². The lowest BCUT2D eigenvalue weighted by Gasteiger charge is -2.13. The number of carbonyl (C=O) groups excluding carboxylic acids is 1. The van der Waals surface area contributed by atoms with E-state index in [1.165, 1.54) is 16.8 Å². The molecule has 7 heteroatoms. The molecule has 1 aromatic carbocycles. The summed E-state index contributed by atoms with van der Waals surface area (Å²) in [5.74, 6) is -0.424. The molecule has 0 saturated heterocycles. The van der Waals surface area contributed by atoms with E-state index in [2.05, 4.69) is 5.10 Å². The molecule has 2 rings (SSSR count). The summed E-state index contributed by atoms with van der Waals surface area (Å²) in [5.41, 5.74) is 0. The predicted octanol–water partition coefficient (Wildman–Crippen LogP) is 4.01. The summed E-state index contributed by atoms with van der Waals surface area (Å²) >= 11 is 17.7. The van der Waals surface area contributed by atoms with Crippen LogP contribution in [0.2, 0.25) is 15.1 Å². The normalized spacial score (nSPS) is 12.2. The summed E-state index contributed by atoms with van der Waals surface area (Å²) in [6, 6.07) is 4.04. The van der Waals surface area contributed by atoms with E-state index in [0.717, 1.165) is 0 Å². The molecular weight excluding hydrogens is 311 g/mol. The number of ether oxygens (including phenoxy) is 1. The van der Waals surface area contributed by atoms with Gasteiger partial charge in [-0.25, -0.2) is 4.79 Å². The van der Waals surface area contributed by atoms with Gasteiger partial charge in [-0.2, -0.15) is 5.10 Å². The van der Waals surface area contributed by atoms with E-state index in [1.54, 1.807) is 25.4 Å². The molecule has 1 atom stereocenters. The monoisotopic (exact) mass is 318 g/mol. The van der Waals surface area contributed by atoms with E-state index < -0.39 is 12.0 Å². The van der Waals surface area contributed by atoms with Crippen molar-refractivity contribution < 1.29 is 9.53 Å². The van der Waals surface area contributed by atoms with Gasteiger partial charge in [0.15, 0.2) is 5.75 Å². The van der Waals surface area contributed by atoms with Gasteiger partial charge in [-0.15, -0.1) is 0 Å². The first-order valence-electron chi connectivity index (χ1n) is 5.34. The average Bonchev–Trinajstić information content (AvgIpc) is 2.86. The smallest absolute Gasteiger partial charge is 0.336 e. The molecule has 0 amide bonds. The minimum atomic E-state index is -0.585. The third kappa shape index (κ3) is 3.21. The summed E-state index contributed by atoms with van der Waals surface area (Å²) in [6.07, 6.45) is 3.24. The summed E-state index contributed by atoms with van der Waals surface area (Å²) in [4.78, 5) is 12.0. The topological polar surface area (TPSA) is 44.1 Å². The zero-order chi connectivity index (χ0) is 14.0. The molecule has 0 aliphatic heterocycles. The van der Waals surface area contributed by atoms with Crippen LogP contribution in [0.25, 0.3) is 0 Å². The lowest BCUT2D eigenvalue weighted by Crippen LogP contribution is -2.22. The first-order valence-corrected chi connectivity index (χ1v) is 6.48. The van der Waals surface area contributed by atoms with Gasteiger partial charge in [-0.05, 0) is 25.1 Å². The van der Waals surface area contributed by atoms with Crippen molar-refractivity contribution >= 4 is 40.8 Å². The van der Waals surface area contributed by atoms with Crippen LogP contribution < -0.4 is 4.74 Å². The number of benzene rings is 1. The maximum Gasteiger partial charge on any atom is 0.336 e. The van der Waals surface area contributed by atoms with Gasteiger partial charge in [0.25, 0.3) is 0 Å². The molecule has 0 saturated carbocycles. The van der Waals surface area contributed by atoms with Gasteiger partial charge in [0, 0.05) is 17.4 Å². The third-order valence-corrected chi connectivity index (χ3v) is 3.21. The van der Waals surface area contributed by atoms with Crippen molar-refractivity contribution in [2.24, 2.45) is 0 Å². The Morgan fingerprint density at radius 1 is 1.32 bits per heavy atom. The fourth-order valence-corrected chi connectivity index (χ4v) is 2.32. The third-order valence-electron chi connectivity index (χ3n) is 2.43. The number of esters is 1. The molecule has 1 aromatic heterocycles. The summed E-state index contributed by atoms with van der Waals surface area (Å²) in [7, 11) is 0. The number of rotatable bonds is 3. The molecule has 2 aromatic rings. The second-order valence-corrected chi connectivity index (χ2v) is 5.03. The van der Waals surface area contributed by atoms with Crippen molar-refractivity contribution in [2.45, 2.75) is 13.0 Å². The van der Waals surface area contributed by atoms with Crippen molar-refractivity contribution in [1.29, 1.82) is 0 Å². The van der Waals surface area contributed by atoms with Gasteiger partial charge in [0.1, 0.15) is 6.04 Å². The Hall–Kier alpha value is -1.23. The van der Waals surface area contributed by atoms with Crippen LogP contribution >= 0.6 is 34.8 Å². The molecule has 1 heterocycles. The molecule has 19 heavy (non-hydrogen) atoms. The molecule has 100 valence electrons. The van der Waals surface area contributed by atoms with Crippen molar-refractivity contribution in [1.82, 2.24) is 9.78 Å². The molecule has 0 N–H and O–H groups in total. The summed E-state index contributed by atoms with van der Waals surface area (Å²) < 4.78 is 6.67. The van der Waals surface area contributed by atoms with Gasteiger partial charge in [0.05, 0.1) is 10.0 Å². The molecule has 0 bridgehead atoms. The van der Waals surface area contributed by atoms with Crippen LogP contribution in [0.4, 0.5) is 0 Å². The van der Waals surface area contributed by atoms with Crippen LogP contribution in [0.3, 0.4) is 0 Å². The molecule has 1 unspecified atom stereocenters. The molecule has 0 aliphatic carbocycles. The van der Waals surface area contributed by atoms with Gasteiger partial charge < -0.3 is 4.74 Å². The highest BCUT2D eigenvalue weighted by molar-refractivity contribution is 6.40. The predicted molar refractivity (Wildman–Crippen MR) is 74.0 cm³/mol. The minimum absolute atomic E-state index is 0.0942. The quantitative estimate of drug-likeness (QED) is 0.634. The zero-order valence-corrected chi connectivity index (χ0v) is 12.1. The van der Waals surface area contributed by atoms with E-state index in [0.29, 0.717) is 5.02 Å². The molecule has 0 fully saturated rings. The first kappa shape index (κ1) is 14.2. The van der Waals surface area contributed by atoms with Crippen LogP contribution in [0.5, 0.6) is 5.75 Å². The number of nitrogens with zero attached hydrogens (tertiary/aromatic N) is 2. The molecule has 0 radical (unpaired) electrons. The van der Waals surface area contributed by atoms with Crippen molar-refractivity contribution in [3.05, 3.63) is 45.7 Å². The highest BCUT2D eigenvalue weighted by atomic mass is 35.5. The number of hydrogen-bond donors (Lipinski definition) is 0. The largest absolute Gasteiger partial charge is 0.422 e. The van der Waals surface area contributed by atoms with Crippen LogP contribution in [0.15, 0.2) is 30.6 Å². The van der Waals surface area contributed by atoms with Crippen molar-refractivity contribution in [3.8, 4) is 5.75 Å². The Labute approximate surface area is 124 Å². The Balaban J connectivity index is 2.20. The number of carbonyl (C=O) groups is 1. The standard InChI is InChI=1S/C12H9Cl3N2O2/c1-7(17-4-2-3-16-17)12(18)19-11-9(14)5-8(13)6-10(11)15/h2-7H,1H3. The fraction of sp³-hybridized carbons (Fsp3) is 0.167. The Morgan fingerprint density at radius 2 is 1.95 bits per heavy atom. The second kappa shape index (κ2) is 5.82. The zero-order valence-electron chi connectivity index (χ0n) is 9.81.